The smallest absolute Gasteiger partial charge is 0.224 e. The van der Waals surface area contributed by atoms with Crippen molar-refractivity contribution < 1.29 is 9.18 Å². The van der Waals surface area contributed by atoms with E-state index in [1.165, 1.54) is 31.0 Å². The number of likely N-dealkylation sites (tertiary alicyclic amines) is 1. The largest absolute Gasteiger partial charge is 0.397 e. The molecule has 1 unspecified atom stereocenters. The maximum Gasteiger partial charge on any atom is 0.224 e. The van der Waals surface area contributed by atoms with Gasteiger partial charge in [-0.15, -0.1) is 0 Å². The van der Waals surface area contributed by atoms with Gasteiger partial charge in [0.2, 0.25) is 5.91 Å². The standard InChI is InChI=1S/C15H22FN3O/c1-11-4-2-8-19(11)9-3-5-15(20)18-14-7-6-12(16)10-13(14)17/h6-7,10-11H,2-5,8-9,17H2,1H3,(H,18,20). The van der Waals surface area contributed by atoms with Gasteiger partial charge in [0.15, 0.2) is 0 Å². The average molecular weight is 279 g/mol. The van der Waals surface area contributed by atoms with Crippen LogP contribution in [0.2, 0.25) is 0 Å². The number of halogens is 1. The minimum absolute atomic E-state index is 0.0739. The lowest BCUT2D eigenvalue weighted by molar-refractivity contribution is -0.116. The summed E-state index contributed by atoms with van der Waals surface area (Å²) in [5.74, 6) is -0.473. The molecule has 2 rings (SSSR count). The SMILES string of the molecule is CC1CCCN1CCCC(=O)Nc1ccc(F)cc1N. The van der Waals surface area contributed by atoms with Crippen LogP contribution in [0.25, 0.3) is 0 Å². The van der Waals surface area contributed by atoms with Gasteiger partial charge in [-0.1, -0.05) is 0 Å². The summed E-state index contributed by atoms with van der Waals surface area (Å²) in [4.78, 5) is 14.2. The van der Waals surface area contributed by atoms with Gasteiger partial charge in [-0.25, -0.2) is 4.39 Å². The second kappa shape index (κ2) is 6.70. The van der Waals surface area contributed by atoms with E-state index < -0.39 is 5.82 Å². The topological polar surface area (TPSA) is 58.4 Å². The molecule has 5 heteroatoms. The van der Waals surface area contributed by atoms with Crippen molar-refractivity contribution in [3.05, 3.63) is 24.0 Å². The van der Waals surface area contributed by atoms with Gasteiger partial charge in [-0.3, -0.25) is 4.79 Å². The number of nitrogen functional groups attached to an aromatic ring is 1. The van der Waals surface area contributed by atoms with E-state index in [1.807, 2.05) is 0 Å². The highest BCUT2D eigenvalue weighted by Gasteiger charge is 2.19. The van der Waals surface area contributed by atoms with Gasteiger partial charge >= 0.3 is 0 Å². The molecule has 0 aliphatic carbocycles. The van der Waals surface area contributed by atoms with Gasteiger partial charge in [-0.05, 0) is 57.5 Å². The second-order valence-electron chi connectivity index (χ2n) is 5.41. The molecule has 1 aliphatic heterocycles. The third-order valence-corrected chi connectivity index (χ3v) is 3.83. The first-order chi connectivity index (χ1) is 9.56. The molecule has 110 valence electrons. The molecule has 20 heavy (non-hydrogen) atoms. The molecule has 1 saturated heterocycles. The lowest BCUT2D eigenvalue weighted by Gasteiger charge is -2.20. The maximum atomic E-state index is 12.9. The molecule has 0 radical (unpaired) electrons. The lowest BCUT2D eigenvalue weighted by Crippen LogP contribution is -2.28. The highest BCUT2D eigenvalue weighted by molar-refractivity contribution is 5.93. The number of anilines is 2. The zero-order valence-corrected chi connectivity index (χ0v) is 11.9. The molecule has 1 atom stereocenters. The number of hydrogen-bond donors (Lipinski definition) is 2. The maximum absolute atomic E-state index is 12.9. The molecule has 1 aliphatic rings. The molecular formula is C15H22FN3O. The summed E-state index contributed by atoms with van der Waals surface area (Å²) in [7, 11) is 0. The number of benzene rings is 1. The molecule has 0 aromatic heterocycles. The van der Waals surface area contributed by atoms with E-state index in [4.69, 9.17) is 5.73 Å². The van der Waals surface area contributed by atoms with Gasteiger partial charge in [0.25, 0.3) is 0 Å². The van der Waals surface area contributed by atoms with Crippen LogP contribution in [0.3, 0.4) is 0 Å². The third-order valence-electron chi connectivity index (χ3n) is 3.83. The van der Waals surface area contributed by atoms with E-state index in [9.17, 15) is 9.18 Å². The van der Waals surface area contributed by atoms with Gasteiger partial charge in [0.05, 0.1) is 11.4 Å². The van der Waals surface area contributed by atoms with E-state index in [0.29, 0.717) is 18.2 Å². The number of carbonyl (C=O) groups is 1. The van der Waals surface area contributed by atoms with Crippen LogP contribution in [0, 0.1) is 5.82 Å². The second-order valence-corrected chi connectivity index (χ2v) is 5.41. The van der Waals surface area contributed by atoms with Crippen LogP contribution in [-0.4, -0.2) is 29.9 Å². The van der Waals surface area contributed by atoms with E-state index in [0.717, 1.165) is 19.5 Å². The summed E-state index contributed by atoms with van der Waals surface area (Å²) in [5, 5.41) is 2.72. The predicted octanol–water partition coefficient (Wildman–Crippen LogP) is 2.61. The number of nitrogens with zero attached hydrogens (tertiary/aromatic N) is 1. The van der Waals surface area contributed by atoms with Crippen molar-refractivity contribution in [3.63, 3.8) is 0 Å². The summed E-state index contributed by atoms with van der Waals surface area (Å²) >= 11 is 0. The van der Waals surface area contributed by atoms with Crippen molar-refractivity contribution in [2.24, 2.45) is 0 Å². The molecule has 1 aromatic rings. The van der Waals surface area contributed by atoms with Crippen molar-refractivity contribution >= 4 is 17.3 Å². The number of hydrogen-bond acceptors (Lipinski definition) is 3. The molecule has 1 fully saturated rings. The number of nitrogens with two attached hydrogens (primary N) is 1. The van der Waals surface area contributed by atoms with Crippen LogP contribution >= 0.6 is 0 Å². The van der Waals surface area contributed by atoms with Gasteiger partial charge in [0, 0.05) is 12.5 Å². The van der Waals surface area contributed by atoms with Crippen LogP contribution in [0.1, 0.15) is 32.6 Å². The average Bonchev–Trinajstić information content (AvgIpc) is 2.79. The van der Waals surface area contributed by atoms with Crippen LogP contribution in [0.4, 0.5) is 15.8 Å². The zero-order chi connectivity index (χ0) is 14.5. The van der Waals surface area contributed by atoms with Crippen LogP contribution in [0.5, 0.6) is 0 Å². The van der Waals surface area contributed by atoms with Crippen LogP contribution in [-0.2, 0) is 4.79 Å². The Morgan fingerprint density at radius 1 is 1.55 bits per heavy atom. The van der Waals surface area contributed by atoms with E-state index in [2.05, 4.69) is 17.1 Å². The minimum Gasteiger partial charge on any atom is -0.397 e. The fourth-order valence-electron chi connectivity index (χ4n) is 2.63. The Kier molecular flexibility index (Phi) is 4.95. The molecule has 0 bridgehead atoms. The summed E-state index contributed by atoms with van der Waals surface area (Å²) in [6.45, 7) is 4.31. The molecule has 0 spiro atoms. The Morgan fingerprint density at radius 3 is 3.00 bits per heavy atom. The van der Waals surface area contributed by atoms with Crippen molar-refractivity contribution in [1.29, 1.82) is 0 Å². The number of carbonyl (C=O) groups excluding carboxylic acids is 1. The van der Waals surface area contributed by atoms with Crippen LogP contribution < -0.4 is 11.1 Å². The molecule has 1 heterocycles. The number of rotatable bonds is 5. The Morgan fingerprint density at radius 2 is 2.35 bits per heavy atom. The molecule has 3 N–H and O–H groups in total. The first-order valence-electron chi connectivity index (χ1n) is 7.15. The van der Waals surface area contributed by atoms with Crippen LogP contribution in [0.15, 0.2) is 18.2 Å². The summed E-state index contributed by atoms with van der Waals surface area (Å²) in [6, 6.07) is 4.62. The summed E-state index contributed by atoms with van der Waals surface area (Å²) < 4.78 is 12.9. The fraction of sp³-hybridized carbons (Fsp3) is 0.533. The lowest BCUT2D eigenvalue weighted by atomic mass is 10.2. The first kappa shape index (κ1) is 14.8. The Labute approximate surface area is 119 Å². The fourth-order valence-corrected chi connectivity index (χ4v) is 2.63. The summed E-state index contributed by atoms with van der Waals surface area (Å²) in [6.07, 6.45) is 3.79. The Bertz CT molecular complexity index is 478. The van der Waals surface area contributed by atoms with E-state index in [1.54, 1.807) is 0 Å². The molecule has 0 saturated carbocycles. The number of nitrogens with one attached hydrogen (secondary N) is 1. The normalized spacial score (nSPS) is 19.2. The third kappa shape index (κ3) is 3.93. The van der Waals surface area contributed by atoms with E-state index in [-0.39, 0.29) is 11.6 Å². The molecular weight excluding hydrogens is 257 g/mol. The van der Waals surface area contributed by atoms with Gasteiger partial charge < -0.3 is 16.0 Å². The zero-order valence-electron chi connectivity index (χ0n) is 11.9. The van der Waals surface area contributed by atoms with E-state index >= 15 is 0 Å². The molecule has 4 nitrogen and oxygen atoms in total. The minimum atomic E-state index is -0.400. The van der Waals surface area contributed by atoms with Crippen molar-refractivity contribution in [2.45, 2.75) is 38.6 Å². The Hall–Kier alpha value is -1.62. The van der Waals surface area contributed by atoms with Gasteiger partial charge in [-0.2, -0.15) is 0 Å². The highest BCUT2D eigenvalue weighted by atomic mass is 19.1. The van der Waals surface area contributed by atoms with Crippen molar-refractivity contribution in [1.82, 2.24) is 4.90 Å². The quantitative estimate of drug-likeness (QED) is 0.815. The predicted molar refractivity (Wildman–Crippen MR) is 78.9 cm³/mol. The molecule has 1 amide bonds. The monoisotopic (exact) mass is 279 g/mol. The number of amides is 1. The summed E-state index contributed by atoms with van der Waals surface area (Å²) in [5.41, 5.74) is 6.39. The van der Waals surface area contributed by atoms with Gasteiger partial charge in [0.1, 0.15) is 5.82 Å². The molecule has 1 aromatic carbocycles. The first-order valence-corrected chi connectivity index (χ1v) is 7.15. The Balaban J connectivity index is 1.75. The van der Waals surface area contributed by atoms with Crippen molar-refractivity contribution in [3.8, 4) is 0 Å². The van der Waals surface area contributed by atoms with Crippen molar-refractivity contribution in [2.75, 3.05) is 24.1 Å². The highest BCUT2D eigenvalue weighted by Crippen LogP contribution is 2.20.